The Bertz CT molecular complexity index is 298. The molecule has 2 saturated heterocycles. The van der Waals surface area contributed by atoms with E-state index >= 15 is 0 Å². The number of nitrogens with one attached hydrogen (secondary N) is 1. The molecular weight excluding hydrogens is 250 g/mol. The molecule has 4 nitrogen and oxygen atoms in total. The first-order valence-electron chi connectivity index (χ1n) is 8.44. The van der Waals surface area contributed by atoms with Crippen LogP contribution in [-0.4, -0.2) is 54.6 Å². The average molecular weight is 281 g/mol. The Morgan fingerprint density at radius 2 is 1.70 bits per heavy atom. The third-order valence-corrected chi connectivity index (χ3v) is 4.48. The molecule has 2 heterocycles. The Balaban J connectivity index is 1.82. The lowest BCUT2D eigenvalue weighted by atomic mass is 9.98. The number of hydrogen-bond donors (Lipinski definition) is 1. The number of likely N-dealkylation sites (tertiary alicyclic amines) is 2. The number of carbonyl (C=O) groups is 1. The fourth-order valence-electron chi connectivity index (χ4n) is 3.27. The van der Waals surface area contributed by atoms with Crippen LogP contribution in [0.15, 0.2) is 0 Å². The van der Waals surface area contributed by atoms with Gasteiger partial charge in [-0.3, -0.25) is 0 Å². The molecule has 2 aliphatic rings. The SMILES string of the molecule is CC(C)NCC1CCCN(C(=O)N2CCCCCC2)C1. The van der Waals surface area contributed by atoms with Crippen molar-refractivity contribution >= 4 is 6.03 Å². The highest BCUT2D eigenvalue weighted by atomic mass is 16.2. The van der Waals surface area contributed by atoms with E-state index < -0.39 is 0 Å². The van der Waals surface area contributed by atoms with Crippen molar-refractivity contribution in [1.82, 2.24) is 15.1 Å². The van der Waals surface area contributed by atoms with Crippen molar-refractivity contribution < 1.29 is 4.79 Å². The lowest BCUT2D eigenvalue weighted by Gasteiger charge is -2.36. The Morgan fingerprint density at radius 3 is 2.35 bits per heavy atom. The van der Waals surface area contributed by atoms with E-state index in [-0.39, 0.29) is 0 Å². The van der Waals surface area contributed by atoms with Crippen molar-refractivity contribution in [2.45, 2.75) is 58.4 Å². The van der Waals surface area contributed by atoms with Crippen molar-refractivity contribution in [1.29, 1.82) is 0 Å². The highest BCUT2D eigenvalue weighted by Gasteiger charge is 2.27. The van der Waals surface area contributed by atoms with Crippen molar-refractivity contribution in [3.05, 3.63) is 0 Å². The molecule has 116 valence electrons. The zero-order valence-electron chi connectivity index (χ0n) is 13.2. The van der Waals surface area contributed by atoms with Gasteiger partial charge in [0.2, 0.25) is 0 Å². The fraction of sp³-hybridized carbons (Fsp3) is 0.938. The lowest BCUT2D eigenvalue weighted by molar-refractivity contribution is 0.128. The standard InChI is InChI=1S/C16H31N3O/c1-14(2)17-12-15-8-7-11-19(13-15)16(20)18-9-5-3-4-6-10-18/h14-15,17H,3-13H2,1-2H3. The Morgan fingerprint density at radius 1 is 1.05 bits per heavy atom. The van der Waals surface area contributed by atoms with E-state index in [4.69, 9.17) is 0 Å². The second-order valence-electron chi connectivity index (χ2n) is 6.70. The molecule has 1 unspecified atom stereocenters. The first-order valence-corrected chi connectivity index (χ1v) is 8.44. The number of rotatable bonds is 3. The number of amides is 2. The zero-order valence-corrected chi connectivity index (χ0v) is 13.2. The summed E-state index contributed by atoms with van der Waals surface area (Å²) in [6.45, 7) is 9.23. The van der Waals surface area contributed by atoms with Crippen LogP contribution in [0.4, 0.5) is 4.79 Å². The van der Waals surface area contributed by atoms with Gasteiger partial charge in [-0.15, -0.1) is 0 Å². The first-order chi connectivity index (χ1) is 9.66. The van der Waals surface area contributed by atoms with Crippen LogP contribution < -0.4 is 5.32 Å². The van der Waals surface area contributed by atoms with E-state index in [2.05, 4.69) is 29.0 Å². The number of urea groups is 1. The van der Waals surface area contributed by atoms with Gasteiger partial charge in [0.1, 0.15) is 0 Å². The van der Waals surface area contributed by atoms with Gasteiger partial charge in [-0.05, 0) is 38.1 Å². The molecule has 2 rings (SSSR count). The predicted molar refractivity (Wildman–Crippen MR) is 82.9 cm³/mol. The summed E-state index contributed by atoms with van der Waals surface area (Å²) in [6, 6.07) is 0.827. The summed E-state index contributed by atoms with van der Waals surface area (Å²) in [5.74, 6) is 0.627. The second-order valence-corrected chi connectivity index (χ2v) is 6.70. The minimum Gasteiger partial charge on any atom is -0.325 e. The highest BCUT2D eigenvalue weighted by Crippen LogP contribution is 2.19. The third-order valence-electron chi connectivity index (χ3n) is 4.48. The Kier molecular flexibility index (Phi) is 6.14. The number of nitrogens with zero attached hydrogens (tertiary/aromatic N) is 2. The van der Waals surface area contributed by atoms with Crippen LogP contribution >= 0.6 is 0 Å². The molecule has 0 saturated carbocycles. The molecule has 0 spiro atoms. The van der Waals surface area contributed by atoms with Crippen LogP contribution in [0.1, 0.15) is 52.4 Å². The lowest BCUT2D eigenvalue weighted by Crippen LogP contribution is -2.49. The van der Waals surface area contributed by atoms with Crippen LogP contribution in [0.25, 0.3) is 0 Å². The fourth-order valence-corrected chi connectivity index (χ4v) is 3.27. The Labute approximate surface area is 123 Å². The van der Waals surface area contributed by atoms with Gasteiger partial charge in [0, 0.05) is 32.2 Å². The maximum Gasteiger partial charge on any atom is 0.320 e. The molecule has 2 amide bonds. The van der Waals surface area contributed by atoms with Gasteiger partial charge in [-0.2, -0.15) is 0 Å². The smallest absolute Gasteiger partial charge is 0.320 e. The molecule has 2 aliphatic heterocycles. The zero-order chi connectivity index (χ0) is 14.4. The molecule has 1 N–H and O–H groups in total. The van der Waals surface area contributed by atoms with Gasteiger partial charge < -0.3 is 15.1 Å². The molecule has 0 bridgehead atoms. The van der Waals surface area contributed by atoms with Crippen LogP contribution in [0.5, 0.6) is 0 Å². The van der Waals surface area contributed by atoms with Gasteiger partial charge in [0.15, 0.2) is 0 Å². The third kappa shape index (κ3) is 4.65. The predicted octanol–water partition coefficient (Wildman–Crippen LogP) is 2.69. The van der Waals surface area contributed by atoms with Crippen LogP contribution in [-0.2, 0) is 0 Å². The van der Waals surface area contributed by atoms with Crippen molar-refractivity contribution in [2.24, 2.45) is 5.92 Å². The minimum atomic E-state index is 0.293. The maximum atomic E-state index is 12.6. The minimum absolute atomic E-state index is 0.293. The van der Waals surface area contributed by atoms with Crippen LogP contribution in [0.2, 0.25) is 0 Å². The molecule has 0 aromatic rings. The molecule has 0 radical (unpaired) electrons. The molecule has 20 heavy (non-hydrogen) atoms. The van der Waals surface area contributed by atoms with Crippen LogP contribution in [0.3, 0.4) is 0 Å². The van der Waals surface area contributed by atoms with E-state index in [9.17, 15) is 4.79 Å². The van der Waals surface area contributed by atoms with E-state index in [1.807, 2.05) is 0 Å². The summed E-state index contributed by atoms with van der Waals surface area (Å²) >= 11 is 0. The molecule has 2 fully saturated rings. The van der Waals surface area contributed by atoms with E-state index in [1.165, 1.54) is 32.1 Å². The largest absolute Gasteiger partial charge is 0.325 e. The number of hydrogen-bond acceptors (Lipinski definition) is 2. The molecule has 0 aliphatic carbocycles. The van der Waals surface area contributed by atoms with E-state index in [1.54, 1.807) is 0 Å². The summed E-state index contributed by atoms with van der Waals surface area (Å²) < 4.78 is 0. The van der Waals surface area contributed by atoms with Crippen molar-refractivity contribution in [3.63, 3.8) is 0 Å². The highest BCUT2D eigenvalue weighted by molar-refractivity contribution is 5.74. The van der Waals surface area contributed by atoms with Gasteiger partial charge in [0.05, 0.1) is 0 Å². The molecule has 1 atom stereocenters. The molecule has 0 aromatic carbocycles. The first kappa shape index (κ1) is 15.6. The molecule has 4 heteroatoms. The summed E-state index contributed by atoms with van der Waals surface area (Å²) in [5.41, 5.74) is 0. The summed E-state index contributed by atoms with van der Waals surface area (Å²) in [5, 5.41) is 3.51. The quantitative estimate of drug-likeness (QED) is 0.863. The topological polar surface area (TPSA) is 35.6 Å². The van der Waals surface area contributed by atoms with Crippen molar-refractivity contribution in [2.75, 3.05) is 32.7 Å². The summed E-state index contributed by atoms with van der Waals surface area (Å²) in [6.07, 6.45) is 7.33. The van der Waals surface area contributed by atoms with Crippen molar-refractivity contribution in [3.8, 4) is 0 Å². The number of piperidine rings is 1. The monoisotopic (exact) mass is 281 g/mol. The summed E-state index contributed by atoms with van der Waals surface area (Å²) in [4.78, 5) is 16.8. The van der Waals surface area contributed by atoms with Gasteiger partial charge in [0.25, 0.3) is 0 Å². The number of carbonyl (C=O) groups excluding carboxylic acids is 1. The van der Waals surface area contributed by atoms with E-state index in [0.29, 0.717) is 18.0 Å². The summed E-state index contributed by atoms with van der Waals surface area (Å²) in [7, 11) is 0. The van der Waals surface area contributed by atoms with Crippen LogP contribution in [0, 0.1) is 5.92 Å². The van der Waals surface area contributed by atoms with Gasteiger partial charge in [-0.1, -0.05) is 26.7 Å². The maximum absolute atomic E-state index is 12.6. The molecular formula is C16H31N3O. The second kappa shape index (κ2) is 7.87. The normalized spacial score (nSPS) is 24.9. The Hall–Kier alpha value is -0.770. The van der Waals surface area contributed by atoms with Gasteiger partial charge >= 0.3 is 6.03 Å². The average Bonchev–Trinajstić information content (AvgIpc) is 2.73. The van der Waals surface area contributed by atoms with Gasteiger partial charge in [-0.25, -0.2) is 4.79 Å². The van der Waals surface area contributed by atoms with E-state index in [0.717, 1.165) is 39.1 Å². The molecule has 0 aromatic heterocycles.